The van der Waals surface area contributed by atoms with Gasteiger partial charge in [0.05, 0.1) is 11.0 Å². The van der Waals surface area contributed by atoms with E-state index in [4.69, 9.17) is 4.98 Å². The van der Waals surface area contributed by atoms with Crippen molar-refractivity contribution in [3.05, 3.63) is 121 Å². The van der Waals surface area contributed by atoms with Gasteiger partial charge in [-0.15, -0.1) is 11.3 Å². The third kappa shape index (κ3) is 3.13. The average Bonchev–Trinajstić information content (AvgIpc) is 3.48. The molecule has 0 unspecified atom stereocenters. The predicted octanol–water partition coefficient (Wildman–Crippen LogP) is 9.04. The minimum absolute atomic E-state index is 0.972. The highest BCUT2D eigenvalue weighted by Gasteiger charge is 2.19. The minimum atomic E-state index is 0.972. The van der Waals surface area contributed by atoms with Crippen molar-refractivity contribution < 1.29 is 0 Å². The number of para-hydroxylation sites is 3. The van der Waals surface area contributed by atoms with Gasteiger partial charge in [-0.25, -0.2) is 4.98 Å². The third-order valence-corrected chi connectivity index (χ3v) is 8.06. The molecule has 0 aliphatic carbocycles. The Labute approximate surface area is 207 Å². The number of hydrogen-bond acceptors (Lipinski definition) is 2. The first-order valence-corrected chi connectivity index (χ1v) is 12.6. The Balaban J connectivity index is 1.50. The molecule has 0 aliphatic heterocycles. The number of thiophene rings is 1. The first-order chi connectivity index (χ1) is 17.3. The van der Waals surface area contributed by atoms with Crippen molar-refractivity contribution in [2.24, 2.45) is 0 Å². The van der Waals surface area contributed by atoms with Crippen molar-refractivity contribution in [2.75, 3.05) is 0 Å². The molecule has 0 radical (unpaired) electrons. The van der Waals surface area contributed by atoms with Crippen molar-refractivity contribution in [3.8, 4) is 28.2 Å². The molecular weight excluding hydrogens is 444 g/mol. The molecule has 2 aromatic heterocycles. The Kier molecular flexibility index (Phi) is 4.58. The minimum Gasteiger partial charge on any atom is -0.292 e. The van der Waals surface area contributed by atoms with Crippen LogP contribution in [0, 0.1) is 6.92 Å². The van der Waals surface area contributed by atoms with Crippen molar-refractivity contribution >= 4 is 42.5 Å². The van der Waals surface area contributed by atoms with Crippen LogP contribution in [0.2, 0.25) is 0 Å². The SMILES string of the molecule is Cc1c(-c2cccc3c2sc2ccccc23)cccc1-c1nc2ccccc2n1-c1ccccc1. The maximum absolute atomic E-state index is 5.12. The summed E-state index contributed by atoms with van der Waals surface area (Å²) in [7, 11) is 0. The van der Waals surface area contributed by atoms with Gasteiger partial charge in [-0.05, 0) is 53.9 Å². The smallest absolute Gasteiger partial charge is 0.146 e. The maximum Gasteiger partial charge on any atom is 0.146 e. The van der Waals surface area contributed by atoms with Crippen LogP contribution in [0.15, 0.2) is 115 Å². The van der Waals surface area contributed by atoms with Crippen LogP contribution in [0.25, 0.3) is 59.4 Å². The Morgan fingerprint density at radius 1 is 0.600 bits per heavy atom. The van der Waals surface area contributed by atoms with Crippen LogP contribution in [0.3, 0.4) is 0 Å². The largest absolute Gasteiger partial charge is 0.292 e. The van der Waals surface area contributed by atoms with Crippen LogP contribution < -0.4 is 0 Å². The van der Waals surface area contributed by atoms with Gasteiger partial charge in [0.15, 0.2) is 0 Å². The number of benzene rings is 5. The van der Waals surface area contributed by atoms with Gasteiger partial charge < -0.3 is 0 Å². The molecule has 5 aromatic carbocycles. The molecule has 0 bridgehead atoms. The number of aromatic nitrogens is 2. The van der Waals surface area contributed by atoms with Crippen LogP contribution in [0.1, 0.15) is 5.56 Å². The summed E-state index contributed by atoms with van der Waals surface area (Å²) in [6.07, 6.45) is 0. The number of hydrogen-bond donors (Lipinski definition) is 0. The topological polar surface area (TPSA) is 17.8 Å². The lowest BCUT2D eigenvalue weighted by Crippen LogP contribution is -1.99. The number of rotatable bonds is 3. The zero-order chi connectivity index (χ0) is 23.4. The van der Waals surface area contributed by atoms with E-state index >= 15 is 0 Å². The molecule has 0 fully saturated rings. The fraction of sp³-hybridized carbons (Fsp3) is 0.0312. The summed E-state index contributed by atoms with van der Waals surface area (Å²) in [4.78, 5) is 5.12. The van der Waals surface area contributed by atoms with Gasteiger partial charge in [-0.1, -0.05) is 84.9 Å². The third-order valence-electron chi connectivity index (χ3n) is 6.84. The molecule has 2 heterocycles. The van der Waals surface area contributed by atoms with E-state index in [1.807, 2.05) is 11.3 Å². The first kappa shape index (κ1) is 20.2. The highest BCUT2D eigenvalue weighted by molar-refractivity contribution is 7.26. The molecule has 0 saturated carbocycles. The Morgan fingerprint density at radius 3 is 2.20 bits per heavy atom. The molecule has 35 heavy (non-hydrogen) atoms. The van der Waals surface area contributed by atoms with Crippen molar-refractivity contribution in [3.63, 3.8) is 0 Å². The summed E-state index contributed by atoms with van der Waals surface area (Å²) in [6.45, 7) is 2.23. The van der Waals surface area contributed by atoms with E-state index in [1.165, 1.54) is 36.9 Å². The standard InChI is InChI=1S/C32H22N2S/c1-21-23(26-16-10-17-27-25-13-5-8-20-30(25)35-31(26)27)14-9-15-24(21)32-33-28-18-6-7-19-29(28)34(32)22-11-3-2-4-12-22/h2-20H,1H3. The molecule has 0 aliphatic rings. The fourth-order valence-corrected chi connectivity index (χ4v) is 6.40. The molecule has 0 atom stereocenters. The zero-order valence-electron chi connectivity index (χ0n) is 19.3. The molecular formula is C32H22N2S. The molecule has 0 spiro atoms. The molecule has 0 N–H and O–H groups in total. The van der Waals surface area contributed by atoms with E-state index in [0.29, 0.717) is 0 Å². The first-order valence-electron chi connectivity index (χ1n) is 11.8. The molecule has 166 valence electrons. The lowest BCUT2D eigenvalue weighted by molar-refractivity contribution is 1.10. The fourth-order valence-electron chi connectivity index (χ4n) is 5.17. The highest BCUT2D eigenvalue weighted by Crippen LogP contribution is 2.42. The van der Waals surface area contributed by atoms with Gasteiger partial charge in [0.1, 0.15) is 5.82 Å². The number of fused-ring (bicyclic) bond motifs is 4. The van der Waals surface area contributed by atoms with E-state index in [2.05, 4.69) is 127 Å². The van der Waals surface area contributed by atoms with Gasteiger partial charge in [0.25, 0.3) is 0 Å². The van der Waals surface area contributed by atoms with E-state index in [1.54, 1.807) is 0 Å². The summed E-state index contributed by atoms with van der Waals surface area (Å²) >= 11 is 1.88. The van der Waals surface area contributed by atoms with E-state index < -0.39 is 0 Å². The van der Waals surface area contributed by atoms with Crippen molar-refractivity contribution in [1.29, 1.82) is 0 Å². The van der Waals surface area contributed by atoms with Crippen molar-refractivity contribution in [1.82, 2.24) is 9.55 Å². The molecule has 2 nitrogen and oxygen atoms in total. The summed E-state index contributed by atoms with van der Waals surface area (Å²) in [5, 5.41) is 2.65. The summed E-state index contributed by atoms with van der Waals surface area (Å²) in [5.41, 5.74) is 8.17. The van der Waals surface area contributed by atoms with Gasteiger partial charge in [0, 0.05) is 31.4 Å². The lowest BCUT2D eigenvalue weighted by Gasteiger charge is -2.14. The number of nitrogens with zero attached hydrogens (tertiary/aromatic N) is 2. The normalized spacial score (nSPS) is 11.6. The summed E-state index contributed by atoms with van der Waals surface area (Å²) in [5.74, 6) is 0.972. The lowest BCUT2D eigenvalue weighted by atomic mass is 9.95. The summed E-state index contributed by atoms with van der Waals surface area (Å²) in [6, 6.07) is 40.9. The van der Waals surface area contributed by atoms with Crippen LogP contribution in [-0.2, 0) is 0 Å². The van der Waals surface area contributed by atoms with Crippen LogP contribution in [-0.4, -0.2) is 9.55 Å². The van der Waals surface area contributed by atoms with Crippen molar-refractivity contribution in [2.45, 2.75) is 6.92 Å². The Hall–Kier alpha value is -4.21. The Morgan fingerprint density at radius 2 is 1.29 bits per heavy atom. The summed E-state index contributed by atoms with van der Waals surface area (Å²) < 4.78 is 4.95. The van der Waals surface area contributed by atoms with Crippen LogP contribution in [0.5, 0.6) is 0 Å². The second-order valence-electron chi connectivity index (χ2n) is 8.85. The zero-order valence-corrected chi connectivity index (χ0v) is 20.1. The van der Waals surface area contributed by atoms with Gasteiger partial charge >= 0.3 is 0 Å². The highest BCUT2D eigenvalue weighted by atomic mass is 32.1. The maximum atomic E-state index is 5.12. The van der Waals surface area contributed by atoms with Crippen LogP contribution >= 0.6 is 11.3 Å². The average molecular weight is 467 g/mol. The number of imidazole rings is 1. The quantitative estimate of drug-likeness (QED) is 0.254. The van der Waals surface area contributed by atoms with Gasteiger partial charge in [0.2, 0.25) is 0 Å². The molecule has 0 amide bonds. The Bertz CT molecular complexity index is 1860. The molecule has 0 saturated heterocycles. The molecule has 3 heteroatoms. The van der Waals surface area contributed by atoms with E-state index in [-0.39, 0.29) is 0 Å². The second kappa shape index (κ2) is 7.93. The monoisotopic (exact) mass is 466 g/mol. The van der Waals surface area contributed by atoms with E-state index in [9.17, 15) is 0 Å². The van der Waals surface area contributed by atoms with Crippen LogP contribution in [0.4, 0.5) is 0 Å². The second-order valence-corrected chi connectivity index (χ2v) is 9.91. The predicted molar refractivity (Wildman–Crippen MR) is 150 cm³/mol. The molecule has 7 aromatic rings. The van der Waals surface area contributed by atoms with Gasteiger partial charge in [-0.3, -0.25) is 4.57 Å². The molecule has 7 rings (SSSR count). The van der Waals surface area contributed by atoms with Gasteiger partial charge in [-0.2, -0.15) is 0 Å². The van der Waals surface area contributed by atoms with E-state index in [0.717, 1.165) is 28.1 Å².